The van der Waals surface area contributed by atoms with Crippen molar-refractivity contribution in [2.75, 3.05) is 6.54 Å². The molecule has 0 fully saturated rings. The number of amides is 1. The Hall–Kier alpha value is -2.95. The first-order valence-electron chi connectivity index (χ1n) is 9.87. The van der Waals surface area contributed by atoms with Crippen molar-refractivity contribution in [2.45, 2.75) is 45.6 Å². The quantitative estimate of drug-likeness (QED) is 0.565. The summed E-state index contributed by atoms with van der Waals surface area (Å²) in [5, 5.41) is 2.96. The minimum Gasteiger partial charge on any atom is -0.352 e. The number of imidazole rings is 1. The molecule has 3 aromatic rings. The molecule has 0 spiro atoms. The molecule has 1 heterocycles. The number of rotatable bonds is 9. The van der Waals surface area contributed by atoms with Crippen LogP contribution in [0.3, 0.4) is 0 Å². The molecule has 3 rings (SSSR count). The molecule has 2 aromatic carbocycles. The second-order valence-corrected chi connectivity index (χ2v) is 7.11. The van der Waals surface area contributed by atoms with Crippen LogP contribution in [0.15, 0.2) is 54.6 Å². The summed E-state index contributed by atoms with van der Waals surface area (Å²) in [5.41, 5.74) is 2.63. The molecule has 0 saturated heterocycles. The van der Waals surface area contributed by atoms with Gasteiger partial charge in [-0.05, 0) is 51.0 Å². The molecule has 1 N–H and O–H groups in total. The summed E-state index contributed by atoms with van der Waals surface area (Å²) in [6, 6.07) is 17.0. The average molecular weight is 377 g/mol. The van der Waals surface area contributed by atoms with Crippen LogP contribution in [0.1, 0.15) is 55.3 Å². The number of aryl methyl sites for hydroxylation is 1. The molecule has 1 atom stereocenters. The highest BCUT2D eigenvalue weighted by molar-refractivity contribution is 5.94. The third-order valence-corrected chi connectivity index (χ3v) is 5.04. The van der Waals surface area contributed by atoms with E-state index >= 15 is 0 Å². The van der Waals surface area contributed by atoms with Crippen molar-refractivity contribution >= 4 is 22.7 Å². The number of carbonyl (C=O) groups is 2. The zero-order valence-electron chi connectivity index (χ0n) is 16.5. The molecular weight excluding hydrogens is 350 g/mol. The fourth-order valence-corrected chi connectivity index (χ4v) is 3.36. The number of Topliss-reactive ketones (excluding diaryl/α,β-unsaturated/α-hetero) is 1. The van der Waals surface area contributed by atoms with E-state index in [9.17, 15) is 9.59 Å². The summed E-state index contributed by atoms with van der Waals surface area (Å²) in [5.74, 6) is 1.06. The number of hydrogen-bond donors (Lipinski definition) is 1. The van der Waals surface area contributed by atoms with Gasteiger partial charge in [0.1, 0.15) is 5.82 Å². The summed E-state index contributed by atoms with van der Waals surface area (Å²) < 4.78 is 2.06. The van der Waals surface area contributed by atoms with Crippen LogP contribution < -0.4 is 5.32 Å². The summed E-state index contributed by atoms with van der Waals surface area (Å²) in [7, 11) is 0. The van der Waals surface area contributed by atoms with E-state index in [0.717, 1.165) is 42.5 Å². The molecular formula is C23H27N3O2. The average Bonchev–Trinajstić information content (AvgIpc) is 3.08. The predicted octanol–water partition coefficient (Wildman–Crippen LogP) is 4.33. The number of para-hydroxylation sites is 2. The third-order valence-electron chi connectivity index (χ3n) is 5.04. The highest BCUT2D eigenvalue weighted by Gasteiger charge is 2.18. The number of hydrogen-bond acceptors (Lipinski definition) is 3. The zero-order chi connectivity index (χ0) is 19.9. The fourth-order valence-electron chi connectivity index (χ4n) is 3.36. The fraction of sp³-hybridized carbons (Fsp3) is 0.348. The second kappa shape index (κ2) is 9.31. The molecule has 0 radical (unpaired) electrons. The molecule has 1 amide bonds. The molecule has 5 nitrogen and oxygen atoms in total. The van der Waals surface area contributed by atoms with E-state index in [0.29, 0.717) is 12.1 Å². The minimum atomic E-state index is -0.215. The van der Waals surface area contributed by atoms with Gasteiger partial charge in [0.2, 0.25) is 0 Å². The maximum Gasteiger partial charge on any atom is 0.251 e. The van der Waals surface area contributed by atoms with Crippen LogP contribution in [-0.2, 0) is 11.2 Å². The second-order valence-electron chi connectivity index (χ2n) is 7.11. The molecule has 146 valence electrons. The van der Waals surface area contributed by atoms with Gasteiger partial charge in [0.25, 0.3) is 5.91 Å². The molecule has 0 aliphatic heterocycles. The van der Waals surface area contributed by atoms with Crippen molar-refractivity contribution in [1.29, 1.82) is 0 Å². The van der Waals surface area contributed by atoms with E-state index in [-0.39, 0.29) is 17.7 Å². The first-order valence-corrected chi connectivity index (χ1v) is 9.87. The summed E-state index contributed by atoms with van der Waals surface area (Å²) >= 11 is 0. The number of unbranched alkanes of at least 4 members (excludes halogenated alkanes) is 2. The van der Waals surface area contributed by atoms with Gasteiger partial charge in [-0.1, -0.05) is 36.8 Å². The van der Waals surface area contributed by atoms with Crippen LogP contribution in [0.4, 0.5) is 0 Å². The maximum atomic E-state index is 12.0. The highest BCUT2D eigenvalue weighted by atomic mass is 16.1. The first kappa shape index (κ1) is 19.8. The molecule has 28 heavy (non-hydrogen) atoms. The lowest BCUT2D eigenvalue weighted by atomic mass is 10.1. The number of carbonyl (C=O) groups excluding carboxylic acids is 2. The van der Waals surface area contributed by atoms with Crippen LogP contribution >= 0.6 is 0 Å². The molecule has 5 heteroatoms. The maximum absolute atomic E-state index is 12.0. The largest absolute Gasteiger partial charge is 0.352 e. The van der Waals surface area contributed by atoms with Gasteiger partial charge in [-0.2, -0.15) is 0 Å². The number of aromatic nitrogens is 2. The van der Waals surface area contributed by atoms with Crippen molar-refractivity contribution in [3.8, 4) is 0 Å². The van der Waals surface area contributed by atoms with Crippen LogP contribution in [-0.4, -0.2) is 27.8 Å². The van der Waals surface area contributed by atoms with Crippen molar-refractivity contribution in [1.82, 2.24) is 14.9 Å². The van der Waals surface area contributed by atoms with Crippen molar-refractivity contribution in [3.63, 3.8) is 0 Å². The number of nitrogens with one attached hydrogen (secondary N) is 1. The normalized spacial score (nSPS) is 12.1. The van der Waals surface area contributed by atoms with Crippen LogP contribution in [0.2, 0.25) is 0 Å². The van der Waals surface area contributed by atoms with Gasteiger partial charge in [0, 0.05) is 18.5 Å². The Bertz CT molecular complexity index is 947. The van der Waals surface area contributed by atoms with Gasteiger partial charge < -0.3 is 9.88 Å². The Balaban J connectivity index is 1.52. The zero-order valence-corrected chi connectivity index (χ0v) is 16.5. The van der Waals surface area contributed by atoms with Crippen molar-refractivity contribution < 1.29 is 9.59 Å². The Kier molecular flexibility index (Phi) is 6.58. The smallest absolute Gasteiger partial charge is 0.251 e. The Morgan fingerprint density at radius 1 is 1.00 bits per heavy atom. The van der Waals surface area contributed by atoms with Crippen molar-refractivity contribution in [2.24, 2.45) is 0 Å². The van der Waals surface area contributed by atoms with Crippen LogP contribution in [0.5, 0.6) is 0 Å². The molecule has 0 bridgehead atoms. The number of nitrogens with zero attached hydrogens (tertiary/aromatic N) is 2. The van der Waals surface area contributed by atoms with Gasteiger partial charge in [0.05, 0.1) is 17.1 Å². The van der Waals surface area contributed by atoms with Gasteiger partial charge in [-0.15, -0.1) is 0 Å². The Morgan fingerprint density at radius 2 is 1.71 bits per heavy atom. The van der Waals surface area contributed by atoms with Gasteiger partial charge in [0.15, 0.2) is 5.78 Å². The lowest BCUT2D eigenvalue weighted by Crippen LogP contribution is -2.24. The Labute approximate surface area is 165 Å². The predicted molar refractivity (Wildman–Crippen MR) is 111 cm³/mol. The molecule has 0 aliphatic carbocycles. The van der Waals surface area contributed by atoms with E-state index in [1.54, 1.807) is 6.92 Å². The summed E-state index contributed by atoms with van der Waals surface area (Å²) in [6.07, 6.45) is 3.70. The number of benzene rings is 2. The number of fused-ring (bicyclic) bond motifs is 1. The topological polar surface area (TPSA) is 64.0 Å². The van der Waals surface area contributed by atoms with Gasteiger partial charge in [-0.3, -0.25) is 9.59 Å². The van der Waals surface area contributed by atoms with Gasteiger partial charge >= 0.3 is 0 Å². The molecule has 0 saturated carbocycles. The summed E-state index contributed by atoms with van der Waals surface area (Å²) in [6.45, 7) is 4.21. The van der Waals surface area contributed by atoms with Gasteiger partial charge in [-0.25, -0.2) is 4.98 Å². The SMILES string of the molecule is CC(=O)C(C)n1c(CCCCCNC(=O)c2ccccc2)nc2ccccc21. The molecule has 1 unspecified atom stereocenters. The van der Waals surface area contributed by atoms with Crippen molar-refractivity contribution in [3.05, 3.63) is 66.0 Å². The third kappa shape index (κ3) is 4.66. The minimum absolute atomic E-state index is 0.0299. The van der Waals surface area contributed by atoms with E-state index in [2.05, 4.69) is 9.88 Å². The van der Waals surface area contributed by atoms with E-state index in [4.69, 9.17) is 4.98 Å². The molecule has 1 aromatic heterocycles. The van der Waals surface area contributed by atoms with E-state index in [1.165, 1.54) is 0 Å². The van der Waals surface area contributed by atoms with Crippen LogP contribution in [0, 0.1) is 0 Å². The standard InChI is InChI=1S/C23H27N3O2/c1-17(18(2)27)26-21-14-9-8-13-20(21)25-22(26)15-7-4-10-16-24-23(28)19-11-5-3-6-12-19/h3,5-6,8-9,11-14,17H,4,7,10,15-16H2,1-2H3,(H,24,28). The van der Waals surface area contributed by atoms with Crippen LogP contribution in [0.25, 0.3) is 11.0 Å². The molecule has 0 aliphatic rings. The Morgan fingerprint density at radius 3 is 2.46 bits per heavy atom. The van der Waals surface area contributed by atoms with E-state index < -0.39 is 0 Å². The monoisotopic (exact) mass is 377 g/mol. The highest BCUT2D eigenvalue weighted by Crippen LogP contribution is 2.23. The first-order chi connectivity index (χ1) is 13.6. The van der Waals surface area contributed by atoms with E-state index in [1.807, 2.05) is 61.5 Å². The lowest BCUT2D eigenvalue weighted by molar-refractivity contribution is -0.119. The number of ketones is 1. The lowest BCUT2D eigenvalue weighted by Gasteiger charge is -2.15. The summed E-state index contributed by atoms with van der Waals surface area (Å²) in [4.78, 5) is 28.7.